The van der Waals surface area contributed by atoms with Gasteiger partial charge in [-0.2, -0.15) is 9.97 Å². The Balaban J connectivity index is 1.32. The molecule has 2 N–H and O–H groups in total. The van der Waals surface area contributed by atoms with Crippen LogP contribution in [0.2, 0.25) is 0 Å². The van der Waals surface area contributed by atoms with Gasteiger partial charge in [0.05, 0.1) is 0 Å². The number of hydrogen-bond donors (Lipinski definition) is 2. The number of piperidine rings is 2. The molecule has 0 radical (unpaired) electrons. The molecule has 3 heterocycles. The van der Waals surface area contributed by atoms with E-state index in [0.29, 0.717) is 22.9 Å². The van der Waals surface area contributed by atoms with Crippen LogP contribution in [0.3, 0.4) is 0 Å². The van der Waals surface area contributed by atoms with Crippen molar-refractivity contribution >= 4 is 34.9 Å². The standard InChI is InChI=1S/C29H42N6S/c1-22-10-8-16-34(19-22)25-18-26(35-17-9-11-23(2)20-35)32-27(31-25)33-28(36)30-21-29(14-6-7-15-29)24-12-4-3-5-13-24/h3-5,12-13,18,22-23H,6-11,14-17,19-21H2,1-2H3,(H2,30,31,32,33,36)/t22-,23+. The summed E-state index contributed by atoms with van der Waals surface area (Å²) in [5.74, 6) is 4.02. The van der Waals surface area contributed by atoms with Gasteiger partial charge in [0.1, 0.15) is 11.6 Å². The van der Waals surface area contributed by atoms with Crippen molar-refractivity contribution in [3.8, 4) is 0 Å². The van der Waals surface area contributed by atoms with Crippen LogP contribution >= 0.6 is 12.2 Å². The fraction of sp³-hybridized carbons (Fsp3) is 0.621. The fourth-order valence-corrected chi connectivity index (χ4v) is 6.57. The first kappa shape index (κ1) is 25.2. The number of nitrogens with one attached hydrogen (secondary N) is 2. The van der Waals surface area contributed by atoms with Crippen LogP contribution in [0.25, 0.3) is 0 Å². The molecular weight excluding hydrogens is 464 g/mol. The van der Waals surface area contributed by atoms with Crippen molar-refractivity contribution in [1.29, 1.82) is 0 Å². The van der Waals surface area contributed by atoms with Gasteiger partial charge in [0, 0.05) is 44.2 Å². The van der Waals surface area contributed by atoms with E-state index in [4.69, 9.17) is 22.2 Å². The van der Waals surface area contributed by atoms with E-state index in [9.17, 15) is 0 Å². The first-order chi connectivity index (χ1) is 17.5. The van der Waals surface area contributed by atoms with Gasteiger partial charge in [-0.05, 0) is 68.1 Å². The average molecular weight is 507 g/mol. The van der Waals surface area contributed by atoms with E-state index < -0.39 is 0 Å². The van der Waals surface area contributed by atoms with Gasteiger partial charge in [-0.1, -0.05) is 57.0 Å². The van der Waals surface area contributed by atoms with Crippen molar-refractivity contribution < 1.29 is 0 Å². The van der Waals surface area contributed by atoms with Gasteiger partial charge in [0.25, 0.3) is 0 Å². The summed E-state index contributed by atoms with van der Waals surface area (Å²) in [6.07, 6.45) is 9.95. The second kappa shape index (κ2) is 11.3. The lowest BCUT2D eigenvalue weighted by Crippen LogP contribution is -2.41. The van der Waals surface area contributed by atoms with E-state index in [1.54, 1.807) is 0 Å². The van der Waals surface area contributed by atoms with Crippen molar-refractivity contribution in [3.05, 3.63) is 42.0 Å². The van der Waals surface area contributed by atoms with Gasteiger partial charge >= 0.3 is 0 Å². The predicted molar refractivity (Wildman–Crippen MR) is 154 cm³/mol. The van der Waals surface area contributed by atoms with E-state index in [1.165, 1.54) is 56.9 Å². The summed E-state index contributed by atoms with van der Waals surface area (Å²) < 4.78 is 0. The lowest BCUT2D eigenvalue weighted by molar-refractivity contribution is 0.435. The molecule has 0 bridgehead atoms. The molecule has 7 heteroatoms. The molecule has 1 saturated carbocycles. The van der Waals surface area contributed by atoms with E-state index in [1.807, 2.05) is 0 Å². The van der Waals surface area contributed by atoms with Crippen LogP contribution in [-0.2, 0) is 5.41 Å². The molecule has 2 aromatic rings. The third-order valence-electron chi connectivity index (χ3n) is 8.42. The van der Waals surface area contributed by atoms with E-state index in [-0.39, 0.29) is 5.41 Å². The molecule has 2 saturated heterocycles. The van der Waals surface area contributed by atoms with Crippen LogP contribution in [0.4, 0.5) is 17.6 Å². The minimum absolute atomic E-state index is 0.148. The highest BCUT2D eigenvalue weighted by atomic mass is 32.1. The summed E-state index contributed by atoms with van der Waals surface area (Å²) in [6.45, 7) is 9.72. The molecule has 5 rings (SSSR count). The Morgan fingerprint density at radius 3 is 2.06 bits per heavy atom. The Bertz CT molecular complexity index is 981. The molecule has 2 aliphatic heterocycles. The molecule has 1 aromatic heterocycles. The highest BCUT2D eigenvalue weighted by Gasteiger charge is 2.35. The second-order valence-electron chi connectivity index (χ2n) is 11.5. The summed E-state index contributed by atoms with van der Waals surface area (Å²) in [7, 11) is 0. The Hall–Kier alpha value is -2.41. The van der Waals surface area contributed by atoms with Gasteiger partial charge in [-0.25, -0.2) is 0 Å². The van der Waals surface area contributed by atoms with Crippen LogP contribution in [0.1, 0.15) is 70.8 Å². The number of thiocarbonyl (C=S) groups is 1. The summed E-state index contributed by atoms with van der Waals surface area (Å²) in [5, 5.41) is 7.51. The minimum atomic E-state index is 0.148. The maximum atomic E-state index is 5.78. The molecule has 3 aliphatic rings. The quantitative estimate of drug-likeness (QED) is 0.484. The number of nitrogens with zero attached hydrogens (tertiary/aromatic N) is 4. The van der Waals surface area contributed by atoms with Gasteiger partial charge < -0.3 is 20.4 Å². The zero-order valence-corrected chi connectivity index (χ0v) is 22.8. The molecule has 1 aliphatic carbocycles. The lowest BCUT2D eigenvalue weighted by Gasteiger charge is -2.35. The molecule has 0 amide bonds. The Morgan fingerprint density at radius 1 is 0.917 bits per heavy atom. The average Bonchev–Trinajstić information content (AvgIpc) is 3.38. The molecule has 1 aromatic carbocycles. The van der Waals surface area contributed by atoms with Crippen LogP contribution in [0.5, 0.6) is 0 Å². The van der Waals surface area contributed by atoms with E-state index in [2.05, 4.69) is 70.7 Å². The molecule has 0 spiro atoms. The van der Waals surface area contributed by atoms with Crippen LogP contribution in [0.15, 0.2) is 36.4 Å². The number of benzene rings is 1. The van der Waals surface area contributed by atoms with Crippen molar-refractivity contribution in [3.63, 3.8) is 0 Å². The summed E-state index contributed by atoms with van der Waals surface area (Å²) >= 11 is 5.78. The third-order valence-corrected chi connectivity index (χ3v) is 8.67. The minimum Gasteiger partial charge on any atom is -0.361 e. The highest BCUT2D eigenvalue weighted by molar-refractivity contribution is 7.80. The van der Waals surface area contributed by atoms with Gasteiger partial charge in [0.15, 0.2) is 5.11 Å². The highest BCUT2D eigenvalue weighted by Crippen LogP contribution is 2.40. The topological polar surface area (TPSA) is 56.3 Å². The SMILES string of the molecule is C[C@@H]1CCCN(c2cc(N3CCC[C@H](C)C3)nc(NC(=S)NCC3(c4ccccc4)CCCC3)n2)C1. The van der Waals surface area contributed by atoms with E-state index in [0.717, 1.165) is 44.4 Å². The van der Waals surface area contributed by atoms with E-state index >= 15 is 0 Å². The Labute approximate surface area is 222 Å². The van der Waals surface area contributed by atoms with Crippen molar-refractivity contribution in [2.24, 2.45) is 11.8 Å². The summed E-state index contributed by atoms with van der Waals surface area (Å²) in [6, 6.07) is 13.1. The zero-order chi connectivity index (χ0) is 25.0. The number of rotatable bonds is 6. The molecular formula is C29H42N6S. The van der Waals surface area contributed by atoms with Crippen LogP contribution < -0.4 is 20.4 Å². The van der Waals surface area contributed by atoms with Gasteiger partial charge in [0.2, 0.25) is 5.95 Å². The smallest absolute Gasteiger partial charge is 0.232 e. The maximum absolute atomic E-state index is 5.78. The number of hydrogen-bond acceptors (Lipinski definition) is 5. The first-order valence-electron chi connectivity index (χ1n) is 14.0. The summed E-state index contributed by atoms with van der Waals surface area (Å²) in [5.41, 5.74) is 1.56. The fourth-order valence-electron chi connectivity index (χ4n) is 6.40. The number of anilines is 3. The second-order valence-corrected chi connectivity index (χ2v) is 11.9. The Morgan fingerprint density at radius 2 is 1.50 bits per heavy atom. The zero-order valence-electron chi connectivity index (χ0n) is 22.0. The largest absolute Gasteiger partial charge is 0.361 e. The van der Waals surface area contributed by atoms with Crippen molar-refractivity contribution in [2.75, 3.05) is 47.8 Å². The van der Waals surface area contributed by atoms with Gasteiger partial charge in [-0.15, -0.1) is 0 Å². The third kappa shape index (κ3) is 5.93. The summed E-state index contributed by atoms with van der Waals surface area (Å²) in [4.78, 5) is 14.8. The lowest BCUT2D eigenvalue weighted by atomic mass is 9.79. The molecule has 2 atom stereocenters. The normalized spacial score (nSPS) is 23.9. The Kier molecular flexibility index (Phi) is 7.94. The molecule has 0 unspecified atom stereocenters. The molecule has 3 fully saturated rings. The van der Waals surface area contributed by atoms with Gasteiger partial charge in [-0.3, -0.25) is 0 Å². The van der Waals surface area contributed by atoms with Crippen molar-refractivity contribution in [1.82, 2.24) is 15.3 Å². The van der Waals surface area contributed by atoms with Crippen LogP contribution in [0, 0.1) is 11.8 Å². The predicted octanol–water partition coefficient (Wildman–Crippen LogP) is 5.75. The molecule has 36 heavy (non-hydrogen) atoms. The van der Waals surface area contributed by atoms with Crippen LogP contribution in [-0.4, -0.2) is 47.8 Å². The molecule has 194 valence electrons. The maximum Gasteiger partial charge on any atom is 0.232 e. The van der Waals surface area contributed by atoms with Crippen molar-refractivity contribution in [2.45, 2.75) is 70.6 Å². The first-order valence-corrected chi connectivity index (χ1v) is 14.4. The number of aromatic nitrogens is 2. The monoisotopic (exact) mass is 506 g/mol. The molecule has 6 nitrogen and oxygen atoms in total.